The molecule has 0 saturated carbocycles. The van der Waals surface area contributed by atoms with Gasteiger partial charge >= 0.3 is 0 Å². The highest BCUT2D eigenvalue weighted by atomic mass is 19.2. The topological polar surface area (TPSA) is 65.4 Å². The molecule has 9 heteroatoms. The molecule has 1 fully saturated rings. The number of benzene rings is 2. The van der Waals surface area contributed by atoms with Crippen LogP contribution in [0.25, 0.3) is 16.6 Å². The quantitative estimate of drug-likeness (QED) is 0.496. The molecule has 150 valence electrons. The smallest absolute Gasteiger partial charge is 0.198 e. The Hall–Kier alpha value is -3.36. The van der Waals surface area contributed by atoms with Crippen molar-refractivity contribution in [3.8, 4) is 5.69 Å². The van der Waals surface area contributed by atoms with Gasteiger partial charge in [0, 0.05) is 31.0 Å². The van der Waals surface area contributed by atoms with Crippen molar-refractivity contribution in [3.05, 3.63) is 69.5 Å². The van der Waals surface area contributed by atoms with Crippen LogP contribution in [0, 0.1) is 23.3 Å². The molecule has 29 heavy (non-hydrogen) atoms. The molecule has 1 aliphatic rings. The van der Waals surface area contributed by atoms with Gasteiger partial charge in [0.25, 0.3) is 0 Å². The van der Waals surface area contributed by atoms with E-state index in [-0.39, 0.29) is 5.69 Å². The molecule has 0 amide bonds. The van der Waals surface area contributed by atoms with Crippen LogP contribution in [-0.4, -0.2) is 23.6 Å². The van der Waals surface area contributed by atoms with Gasteiger partial charge in [-0.2, -0.15) is 0 Å². The van der Waals surface area contributed by atoms with Crippen LogP contribution in [0.15, 0.2) is 35.3 Å². The van der Waals surface area contributed by atoms with E-state index in [0.717, 1.165) is 23.5 Å². The van der Waals surface area contributed by atoms with E-state index in [2.05, 4.69) is 0 Å². The molecule has 0 unspecified atom stereocenters. The van der Waals surface area contributed by atoms with Crippen molar-refractivity contribution in [2.24, 2.45) is 0 Å². The predicted molar refractivity (Wildman–Crippen MR) is 95.2 cm³/mol. The third-order valence-corrected chi connectivity index (χ3v) is 5.00. The summed E-state index contributed by atoms with van der Waals surface area (Å²) in [4.78, 5) is 25.4. The summed E-state index contributed by atoms with van der Waals surface area (Å²) in [5, 5.41) is 10.6. The summed E-state index contributed by atoms with van der Waals surface area (Å²) >= 11 is 0. The minimum absolute atomic E-state index is 0.0668. The zero-order valence-electron chi connectivity index (χ0n) is 14.8. The Bertz CT molecular complexity index is 1220. The minimum atomic E-state index is -1.88. The lowest BCUT2D eigenvalue weighted by Gasteiger charge is -2.20. The summed E-state index contributed by atoms with van der Waals surface area (Å²) in [7, 11) is 0. The van der Waals surface area contributed by atoms with Gasteiger partial charge in [-0.1, -0.05) is 0 Å². The molecule has 1 aliphatic heterocycles. The average molecular weight is 405 g/mol. The number of hydrogen-bond donors (Lipinski definition) is 0. The number of rotatable bonds is 3. The Morgan fingerprint density at radius 2 is 1.66 bits per heavy atom. The van der Waals surface area contributed by atoms with Crippen molar-refractivity contribution in [3.63, 3.8) is 0 Å². The first kappa shape index (κ1) is 19.0. The lowest BCUT2D eigenvalue weighted by Crippen LogP contribution is -2.30. The Morgan fingerprint density at radius 3 is 2.28 bits per heavy atom. The maximum Gasteiger partial charge on any atom is 0.198 e. The van der Waals surface area contributed by atoms with Crippen molar-refractivity contribution >= 4 is 22.6 Å². The first-order chi connectivity index (χ1) is 13.8. The molecule has 3 aromatic rings. The van der Waals surface area contributed by atoms with E-state index in [1.165, 1.54) is 12.1 Å². The van der Waals surface area contributed by atoms with Crippen LogP contribution >= 0.6 is 0 Å². The van der Waals surface area contributed by atoms with Crippen molar-refractivity contribution in [2.75, 3.05) is 18.0 Å². The number of aromatic carboxylic acids is 1. The van der Waals surface area contributed by atoms with Crippen molar-refractivity contribution < 1.29 is 27.5 Å². The summed E-state index contributed by atoms with van der Waals surface area (Å²) in [6.45, 7) is 1.34. The second-order valence-corrected chi connectivity index (χ2v) is 6.74. The number of carbonyl (C=O) groups is 1. The maximum atomic E-state index is 14.7. The van der Waals surface area contributed by atoms with Crippen LogP contribution < -0.4 is 15.4 Å². The molecular formula is C20H13F4N2O3-. The zero-order chi connectivity index (χ0) is 20.9. The summed E-state index contributed by atoms with van der Waals surface area (Å²) in [6, 6.07) is 4.22. The molecule has 0 atom stereocenters. The summed E-state index contributed by atoms with van der Waals surface area (Å²) in [5.74, 6) is -7.71. The number of carboxylic acid groups (broad SMARTS) is 1. The Morgan fingerprint density at radius 1 is 0.966 bits per heavy atom. The van der Waals surface area contributed by atoms with Gasteiger partial charge in [-0.15, -0.1) is 0 Å². The Labute approximate surface area is 161 Å². The lowest BCUT2D eigenvalue weighted by atomic mass is 10.1. The van der Waals surface area contributed by atoms with Crippen LogP contribution in [0.4, 0.5) is 23.2 Å². The fraction of sp³-hybridized carbons (Fsp3) is 0.200. The number of carbonyl (C=O) groups excluding carboxylic acids is 1. The average Bonchev–Trinajstić information content (AvgIpc) is 3.21. The van der Waals surface area contributed by atoms with Gasteiger partial charge in [-0.3, -0.25) is 4.79 Å². The van der Waals surface area contributed by atoms with E-state index in [0.29, 0.717) is 31.0 Å². The summed E-state index contributed by atoms with van der Waals surface area (Å²) < 4.78 is 57.5. The second kappa shape index (κ2) is 6.91. The Balaban J connectivity index is 2.01. The summed E-state index contributed by atoms with van der Waals surface area (Å²) in [6.07, 6.45) is 2.54. The number of nitrogens with zero attached hydrogens (tertiary/aromatic N) is 2. The largest absolute Gasteiger partial charge is 0.545 e. The van der Waals surface area contributed by atoms with Crippen molar-refractivity contribution in [1.29, 1.82) is 0 Å². The number of fused-ring (bicyclic) bond motifs is 1. The molecule has 4 rings (SSSR count). The van der Waals surface area contributed by atoms with Gasteiger partial charge in [0.15, 0.2) is 22.9 Å². The van der Waals surface area contributed by atoms with Crippen LogP contribution in [-0.2, 0) is 0 Å². The Kier molecular flexibility index (Phi) is 4.52. The lowest BCUT2D eigenvalue weighted by molar-refractivity contribution is -0.255. The minimum Gasteiger partial charge on any atom is -0.545 e. The molecule has 2 aromatic carbocycles. The van der Waals surface area contributed by atoms with E-state index >= 15 is 0 Å². The van der Waals surface area contributed by atoms with Crippen LogP contribution in [0.3, 0.4) is 0 Å². The standard InChI is InChI=1S/C20H14F4N2O3/c21-13-7-10(3-4-15(13)25-5-1-2-6-25)26-9-12(20(28)29)19(27)11-8-14(22)16(23)17(24)18(11)26/h3-4,7-9H,1-2,5-6H2,(H,28,29)/p-1. The van der Waals surface area contributed by atoms with Gasteiger partial charge in [0.2, 0.25) is 0 Å². The molecule has 2 heterocycles. The fourth-order valence-corrected chi connectivity index (χ4v) is 3.60. The van der Waals surface area contributed by atoms with Crippen molar-refractivity contribution in [2.45, 2.75) is 12.8 Å². The molecule has 5 nitrogen and oxygen atoms in total. The number of carboxylic acids is 1. The zero-order valence-corrected chi connectivity index (χ0v) is 14.8. The molecule has 0 radical (unpaired) electrons. The first-order valence-corrected chi connectivity index (χ1v) is 8.78. The van der Waals surface area contributed by atoms with Gasteiger partial charge in [0.05, 0.1) is 28.1 Å². The third-order valence-electron chi connectivity index (χ3n) is 5.00. The maximum absolute atomic E-state index is 14.7. The number of hydrogen-bond acceptors (Lipinski definition) is 4. The molecular weight excluding hydrogens is 392 g/mol. The predicted octanol–water partition coefficient (Wildman–Crippen LogP) is 2.51. The highest BCUT2D eigenvalue weighted by Gasteiger charge is 2.22. The molecule has 1 saturated heterocycles. The monoisotopic (exact) mass is 405 g/mol. The van der Waals surface area contributed by atoms with Gasteiger partial charge in [0.1, 0.15) is 5.82 Å². The molecule has 0 bridgehead atoms. The number of pyridine rings is 1. The van der Waals surface area contributed by atoms with Crippen LogP contribution in [0.5, 0.6) is 0 Å². The van der Waals surface area contributed by atoms with Gasteiger partial charge in [-0.25, -0.2) is 17.6 Å². The second-order valence-electron chi connectivity index (χ2n) is 6.74. The van der Waals surface area contributed by atoms with Crippen LogP contribution in [0.1, 0.15) is 23.2 Å². The van der Waals surface area contributed by atoms with E-state index in [1.54, 1.807) is 0 Å². The normalized spacial score (nSPS) is 14.0. The number of halogens is 4. The first-order valence-electron chi connectivity index (χ1n) is 8.78. The van der Waals surface area contributed by atoms with Crippen LogP contribution in [0.2, 0.25) is 0 Å². The van der Waals surface area contributed by atoms with E-state index < -0.39 is 51.1 Å². The molecule has 1 aromatic heterocycles. The summed E-state index contributed by atoms with van der Waals surface area (Å²) in [5.41, 5.74) is -2.58. The molecule has 0 spiro atoms. The van der Waals surface area contributed by atoms with Crippen molar-refractivity contribution in [1.82, 2.24) is 4.57 Å². The SMILES string of the molecule is O=C([O-])c1cn(-c2ccc(N3CCCC3)c(F)c2)c2c(F)c(F)c(F)cc2c1=O. The number of aromatic nitrogens is 1. The molecule has 0 aliphatic carbocycles. The molecule has 0 N–H and O–H groups in total. The van der Waals surface area contributed by atoms with E-state index in [1.807, 2.05) is 4.90 Å². The third kappa shape index (κ3) is 3.02. The van der Waals surface area contributed by atoms with E-state index in [9.17, 15) is 32.3 Å². The highest BCUT2D eigenvalue weighted by molar-refractivity contribution is 5.92. The fourth-order valence-electron chi connectivity index (χ4n) is 3.60. The van der Waals surface area contributed by atoms with Gasteiger partial charge in [-0.05, 0) is 31.0 Å². The van der Waals surface area contributed by atoms with E-state index in [4.69, 9.17) is 0 Å². The number of anilines is 1. The van der Waals surface area contributed by atoms with Gasteiger partial charge < -0.3 is 19.4 Å². The highest BCUT2D eigenvalue weighted by Crippen LogP contribution is 2.29.